The van der Waals surface area contributed by atoms with E-state index >= 15 is 0 Å². The Morgan fingerprint density at radius 3 is 0.410 bits per heavy atom. The van der Waals surface area contributed by atoms with Crippen LogP contribution in [-0.2, 0) is 22.7 Å². The molecule has 4 aliphatic heterocycles. The van der Waals surface area contributed by atoms with Gasteiger partial charge in [0.1, 0.15) is 23.0 Å². The first-order valence-corrected chi connectivity index (χ1v) is 33.1. The monoisotopic (exact) mass is 1300 g/mol. The average molecular weight is 1300 g/mol. The van der Waals surface area contributed by atoms with E-state index in [1.165, 1.54) is 0 Å². The standard InChI is InChI=1S/2C44H34N4O2/c2*1-49-37-29-17-15-27-35(37)43(45-39(31-19-7-3-8-20-31)40(46-43)32-21-9-4-10-22-32)44(36-28-16-18-30-38(36)50-2)47-41(33-23-11-5-12-24-33)42(48-44)34-25-13-6-14-26-34/h2*3-30H,1-2H3. The van der Waals surface area contributed by atoms with E-state index in [4.69, 9.17) is 58.9 Å². The van der Waals surface area contributed by atoms with Crippen molar-refractivity contribution in [2.75, 3.05) is 28.4 Å². The molecule has 484 valence electrons. The maximum atomic E-state index is 6.12. The summed E-state index contributed by atoms with van der Waals surface area (Å²) in [4.78, 5) is 46.0. The van der Waals surface area contributed by atoms with E-state index in [1.54, 1.807) is 28.4 Å². The molecule has 12 aromatic rings. The molecule has 0 saturated carbocycles. The first kappa shape index (κ1) is 63.3. The minimum atomic E-state index is -1.48. The summed E-state index contributed by atoms with van der Waals surface area (Å²) < 4.78 is 24.5. The Bertz CT molecular complexity index is 4340. The topological polar surface area (TPSA) is 136 Å². The molecule has 4 heterocycles. The third-order valence-electron chi connectivity index (χ3n) is 18.4. The van der Waals surface area contributed by atoms with E-state index in [0.717, 1.165) is 112 Å². The Morgan fingerprint density at radius 1 is 0.160 bits per heavy atom. The van der Waals surface area contributed by atoms with Gasteiger partial charge in [-0.1, -0.05) is 315 Å². The SMILES string of the molecule is COc1ccccc1C1(C2(c3ccccc3OC)N=C(c3ccccc3)C(c3ccccc3)=N2)N=C(c2ccccc2)C(c2ccccc2)=N1.COc1ccccc1C1(C2(c3ccccc3OC)N=C(c3ccccc3)C(c3ccccc3)=N2)N=C(c2ccccc2)C(c2ccccc2)=N1. The highest BCUT2D eigenvalue weighted by Gasteiger charge is 2.64. The summed E-state index contributed by atoms with van der Waals surface area (Å²) in [7, 11) is 6.69. The van der Waals surface area contributed by atoms with Crippen molar-refractivity contribution in [2.24, 2.45) is 39.9 Å². The van der Waals surface area contributed by atoms with Crippen molar-refractivity contribution in [3.63, 3.8) is 0 Å². The van der Waals surface area contributed by atoms with E-state index < -0.39 is 22.7 Å². The van der Waals surface area contributed by atoms with E-state index in [0.29, 0.717) is 23.0 Å². The highest BCUT2D eigenvalue weighted by atomic mass is 16.5. The lowest BCUT2D eigenvalue weighted by Crippen LogP contribution is -2.43. The molecule has 0 bridgehead atoms. The highest BCUT2D eigenvalue weighted by molar-refractivity contribution is 6.57. The minimum Gasteiger partial charge on any atom is -0.496 e. The van der Waals surface area contributed by atoms with Crippen molar-refractivity contribution in [3.8, 4) is 23.0 Å². The fourth-order valence-corrected chi connectivity index (χ4v) is 13.8. The van der Waals surface area contributed by atoms with Crippen LogP contribution in [0.25, 0.3) is 0 Å². The lowest BCUT2D eigenvalue weighted by molar-refractivity contribution is 0.240. The molecule has 0 spiro atoms. The molecule has 100 heavy (non-hydrogen) atoms. The number of methoxy groups -OCH3 is 4. The molecular formula is C88H68N8O4. The first-order chi connectivity index (χ1) is 49.3. The molecule has 0 amide bonds. The molecule has 0 radical (unpaired) electrons. The van der Waals surface area contributed by atoms with Crippen molar-refractivity contribution in [1.29, 1.82) is 0 Å². The Morgan fingerprint density at radius 2 is 0.280 bits per heavy atom. The summed E-state index contributed by atoms with van der Waals surface area (Å²) in [6.45, 7) is 0. The zero-order chi connectivity index (χ0) is 67.9. The molecule has 0 aromatic heterocycles. The van der Waals surface area contributed by atoms with Gasteiger partial charge < -0.3 is 18.9 Å². The zero-order valence-electron chi connectivity index (χ0n) is 55.5. The number of ether oxygens (including phenoxy) is 4. The van der Waals surface area contributed by atoms with Crippen LogP contribution in [0.2, 0.25) is 0 Å². The number of hydrogen-bond donors (Lipinski definition) is 0. The number of aliphatic imine (C=N–C) groups is 8. The number of hydrogen-bond acceptors (Lipinski definition) is 12. The smallest absolute Gasteiger partial charge is 0.230 e. The molecule has 16 rings (SSSR count). The van der Waals surface area contributed by atoms with Crippen LogP contribution in [0.1, 0.15) is 66.8 Å². The van der Waals surface area contributed by atoms with Gasteiger partial charge in [0.25, 0.3) is 0 Å². The third-order valence-corrected chi connectivity index (χ3v) is 18.4. The fourth-order valence-electron chi connectivity index (χ4n) is 13.8. The number of nitrogens with zero attached hydrogens (tertiary/aromatic N) is 8. The number of benzene rings is 12. The van der Waals surface area contributed by atoms with Crippen molar-refractivity contribution in [1.82, 2.24) is 0 Å². The van der Waals surface area contributed by atoms with Gasteiger partial charge in [0, 0.05) is 66.8 Å². The second kappa shape index (κ2) is 27.4. The summed E-state index contributed by atoms with van der Waals surface area (Å²) in [5, 5.41) is 0. The van der Waals surface area contributed by atoms with Gasteiger partial charge in [-0.25, -0.2) is 39.9 Å². The second-order valence-corrected chi connectivity index (χ2v) is 24.1. The van der Waals surface area contributed by atoms with Gasteiger partial charge >= 0.3 is 0 Å². The molecule has 12 nitrogen and oxygen atoms in total. The van der Waals surface area contributed by atoms with Crippen LogP contribution in [0.15, 0.2) is 380 Å². The highest BCUT2D eigenvalue weighted by Crippen LogP contribution is 2.60. The largest absolute Gasteiger partial charge is 0.496 e. The van der Waals surface area contributed by atoms with E-state index in [-0.39, 0.29) is 0 Å². The predicted octanol–water partition coefficient (Wildman–Crippen LogP) is 17.4. The molecule has 0 atom stereocenters. The van der Waals surface area contributed by atoms with Crippen molar-refractivity contribution in [3.05, 3.63) is 406 Å². The zero-order valence-corrected chi connectivity index (χ0v) is 55.5. The predicted molar refractivity (Wildman–Crippen MR) is 403 cm³/mol. The number of rotatable bonds is 18. The average Bonchev–Trinajstić information content (AvgIpc) is 1.45. The minimum absolute atomic E-state index is 0.621. The molecule has 0 fully saturated rings. The van der Waals surface area contributed by atoms with Gasteiger partial charge in [-0.3, -0.25) is 0 Å². The van der Waals surface area contributed by atoms with Crippen LogP contribution >= 0.6 is 0 Å². The normalized spacial score (nSPS) is 15.8. The van der Waals surface area contributed by atoms with E-state index in [2.05, 4.69) is 97.1 Å². The molecule has 0 saturated heterocycles. The summed E-state index contributed by atoms with van der Waals surface area (Å²) >= 11 is 0. The second-order valence-electron chi connectivity index (χ2n) is 24.1. The van der Waals surface area contributed by atoms with Crippen LogP contribution in [0.3, 0.4) is 0 Å². The van der Waals surface area contributed by atoms with Crippen LogP contribution in [0.5, 0.6) is 23.0 Å². The lowest BCUT2D eigenvalue weighted by atomic mass is 9.81. The van der Waals surface area contributed by atoms with Crippen molar-refractivity contribution >= 4 is 45.7 Å². The van der Waals surface area contributed by atoms with Gasteiger partial charge in [-0.05, 0) is 24.3 Å². The summed E-state index contributed by atoms with van der Waals surface area (Å²) in [6.07, 6.45) is 0. The molecule has 4 aliphatic rings. The van der Waals surface area contributed by atoms with Gasteiger partial charge in [-0.15, -0.1) is 0 Å². The Labute approximate surface area is 581 Å². The van der Waals surface area contributed by atoms with Crippen LogP contribution < -0.4 is 18.9 Å². The van der Waals surface area contributed by atoms with E-state index in [1.807, 2.05) is 243 Å². The molecule has 12 heteroatoms. The van der Waals surface area contributed by atoms with Crippen LogP contribution in [-0.4, -0.2) is 74.1 Å². The van der Waals surface area contributed by atoms with E-state index in [9.17, 15) is 0 Å². The van der Waals surface area contributed by atoms with Crippen molar-refractivity contribution < 1.29 is 18.9 Å². The maximum Gasteiger partial charge on any atom is 0.230 e. The third kappa shape index (κ3) is 11.1. The number of para-hydroxylation sites is 4. The van der Waals surface area contributed by atoms with Gasteiger partial charge in [0.05, 0.1) is 74.1 Å². The van der Waals surface area contributed by atoms with Gasteiger partial charge in [0.2, 0.25) is 22.7 Å². The molecule has 0 N–H and O–H groups in total. The Kier molecular flexibility index (Phi) is 17.3. The fraction of sp³-hybridized carbons (Fsp3) is 0.0909. The lowest BCUT2D eigenvalue weighted by Gasteiger charge is -2.39. The summed E-state index contributed by atoms with van der Waals surface area (Å²) in [5.41, 5.74) is 10.3. The Hall–Kier alpha value is -12.8. The Balaban J connectivity index is 0.000000162. The molecule has 0 aliphatic carbocycles. The molecule has 12 aromatic carbocycles. The summed E-state index contributed by atoms with van der Waals surface area (Å²) in [5.74, 6) is 2.48. The molecule has 0 unspecified atom stereocenters. The van der Waals surface area contributed by atoms with Crippen molar-refractivity contribution in [2.45, 2.75) is 22.7 Å². The van der Waals surface area contributed by atoms with Gasteiger partial charge in [0.15, 0.2) is 0 Å². The van der Waals surface area contributed by atoms with Crippen LogP contribution in [0, 0.1) is 0 Å². The van der Waals surface area contributed by atoms with Gasteiger partial charge in [-0.2, -0.15) is 0 Å². The quantitative estimate of drug-likeness (QED) is 0.0845. The first-order valence-electron chi connectivity index (χ1n) is 33.1. The maximum absolute atomic E-state index is 6.12. The molecular weight excluding hydrogens is 1230 g/mol. The summed E-state index contributed by atoms with van der Waals surface area (Å²) in [6, 6.07) is 113. The van der Waals surface area contributed by atoms with Crippen LogP contribution in [0.4, 0.5) is 0 Å².